The smallest absolute Gasteiger partial charge is 0.223 e. The number of para-hydroxylation sites is 1. The molecule has 0 N–H and O–H groups in total. The van der Waals surface area contributed by atoms with E-state index in [0.717, 1.165) is 6.42 Å². The summed E-state index contributed by atoms with van der Waals surface area (Å²) in [6.07, 6.45) is 13.9. The van der Waals surface area contributed by atoms with Crippen LogP contribution in [0.4, 0.5) is 0 Å². The van der Waals surface area contributed by atoms with E-state index in [4.69, 9.17) is 16.3 Å². The van der Waals surface area contributed by atoms with Crippen LogP contribution in [-0.2, 0) is 4.79 Å². The van der Waals surface area contributed by atoms with Crippen molar-refractivity contribution in [1.82, 2.24) is 4.90 Å². The summed E-state index contributed by atoms with van der Waals surface area (Å²) in [5.74, 6) is 1.05. The molecule has 1 amide bonds. The summed E-state index contributed by atoms with van der Waals surface area (Å²) in [5, 5.41) is 0.630. The molecule has 3 nitrogen and oxygen atoms in total. The van der Waals surface area contributed by atoms with Crippen molar-refractivity contribution in [2.75, 3.05) is 6.61 Å². The van der Waals surface area contributed by atoms with Crippen LogP contribution in [-0.4, -0.2) is 29.5 Å². The molecule has 0 bridgehead atoms. The Bertz CT molecular complexity index is 547. The van der Waals surface area contributed by atoms with Gasteiger partial charge in [0.1, 0.15) is 5.75 Å². The van der Waals surface area contributed by atoms with Gasteiger partial charge in [-0.2, -0.15) is 0 Å². The normalized spacial score (nSPS) is 19.3. The van der Waals surface area contributed by atoms with E-state index in [1.807, 2.05) is 24.3 Å². The van der Waals surface area contributed by atoms with E-state index in [9.17, 15) is 4.79 Å². The van der Waals surface area contributed by atoms with Gasteiger partial charge in [-0.3, -0.25) is 4.79 Å². The van der Waals surface area contributed by atoms with Crippen LogP contribution in [0, 0.1) is 0 Å². The Morgan fingerprint density at radius 1 is 0.962 bits per heavy atom. The summed E-state index contributed by atoms with van der Waals surface area (Å²) in [5.41, 5.74) is 0. The number of ether oxygens (including phenoxy) is 1. The van der Waals surface area contributed by atoms with Gasteiger partial charge < -0.3 is 9.64 Å². The number of rotatable bonds is 7. The monoisotopic (exact) mass is 377 g/mol. The van der Waals surface area contributed by atoms with Crippen LogP contribution in [0.1, 0.15) is 77.0 Å². The zero-order valence-corrected chi connectivity index (χ0v) is 16.6. The van der Waals surface area contributed by atoms with Crippen LogP contribution in [0.3, 0.4) is 0 Å². The topological polar surface area (TPSA) is 29.5 Å². The lowest BCUT2D eigenvalue weighted by atomic mass is 9.88. The van der Waals surface area contributed by atoms with E-state index >= 15 is 0 Å². The van der Waals surface area contributed by atoms with Crippen LogP contribution >= 0.6 is 11.6 Å². The predicted octanol–water partition coefficient (Wildman–Crippen LogP) is 5.99. The van der Waals surface area contributed by atoms with Gasteiger partial charge in [0, 0.05) is 18.5 Å². The number of nitrogens with zero attached hydrogens (tertiary/aromatic N) is 1. The number of carbonyl (C=O) groups excluding carboxylic acids is 1. The highest BCUT2D eigenvalue weighted by atomic mass is 35.5. The fraction of sp³-hybridized carbons (Fsp3) is 0.682. The van der Waals surface area contributed by atoms with Crippen molar-refractivity contribution in [1.29, 1.82) is 0 Å². The molecule has 144 valence electrons. The molecule has 0 atom stereocenters. The van der Waals surface area contributed by atoms with Crippen LogP contribution in [0.15, 0.2) is 24.3 Å². The fourth-order valence-electron chi connectivity index (χ4n) is 4.52. The Morgan fingerprint density at radius 2 is 1.54 bits per heavy atom. The summed E-state index contributed by atoms with van der Waals surface area (Å²) in [6, 6.07) is 8.47. The molecule has 2 aliphatic carbocycles. The van der Waals surface area contributed by atoms with Gasteiger partial charge in [-0.15, -0.1) is 0 Å². The fourth-order valence-corrected chi connectivity index (χ4v) is 4.71. The van der Waals surface area contributed by atoms with E-state index < -0.39 is 0 Å². The second kappa shape index (κ2) is 10.2. The Morgan fingerprint density at radius 3 is 2.12 bits per heavy atom. The molecule has 4 heteroatoms. The number of hydrogen-bond donors (Lipinski definition) is 0. The first kappa shape index (κ1) is 19.5. The first-order valence-corrected chi connectivity index (χ1v) is 10.8. The lowest BCUT2D eigenvalue weighted by molar-refractivity contribution is -0.138. The molecular weight excluding hydrogens is 346 g/mol. The van der Waals surface area contributed by atoms with Gasteiger partial charge in [0.25, 0.3) is 0 Å². The van der Waals surface area contributed by atoms with Crippen molar-refractivity contribution in [3.8, 4) is 5.75 Å². The Hall–Kier alpha value is -1.22. The third kappa shape index (κ3) is 5.39. The maximum atomic E-state index is 13.1. The summed E-state index contributed by atoms with van der Waals surface area (Å²) in [4.78, 5) is 15.4. The minimum Gasteiger partial charge on any atom is -0.492 e. The van der Waals surface area contributed by atoms with Crippen LogP contribution in [0.5, 0.6) is 5.75 Å². The average molecular weight is 378 g/mol. The Labute approximate surface area is 163 Å². The molecule has 0 radical (unpaired) electrons. The zero-order chi connectivity index (χ0) is 18.2. The SMILES string of the molecule is O=C(CCCOc1ccccc1Cl)N(C1CCCCC1)C1CCCCC1. The number of amides is 1. The van der Waals surface area contributed by atoms with Gasteiger partial charge in [-0.1, -0.05) is 62.3 Å². The third-order valence-corrected chi connectivity index (χ3v) is 6.17. The Balaban J connectivity index is 1.52. The molecule has 3 rings (SSSR count). The minimum absolute atomic E-state index is 0.339. The minimum atomic E-state index is 0.339. The van der Waals surface area contributed by atoms with Gasteiger partial charge in [-0.25, -0.2) is 0 Å². The molecule has 1 aromatic rings. The summed E-state index contributed by atoms with van der Waals surface area (Å²) < 4.78 is 5.76. The maximum Gasteiger partial charge on any atom is 0.223 e. The molecule has 0 aliphatic heterocycles. The zero-order valence-electron chi connectivity index (χ0n) is 15.8. The molecular formula is C22H32ClNO2. The highest BCUT2D eigenvalue weighted by Crippen LogP contribution is 2.31. The van der Waals surface area contributed by atoms with Crippen molar-refractivity contribution in [3.05, 3.63) is 29.3 Å². The Kier molecular flexibility index (Phi) is 7.67. The summed E-state index contributed by atoms with van der Waals surface area (Å²) in [7, 11) is 0. The van der Waals surface area contributed by atoms with Crippen molar-refractivity contribution in [2.24, 2.45) is 0 Å². The van der Waals surface area contributed by atoms with Gasteiger partial charge >= 0.3 is 0 Å². The molecule has 2 fully saturated rings. The lowest BCUT2D eigenvalue weighted by Gasteiger charge is -2.42. The van der Waals surface area contributed by atoms with E-state index in [0.29, 0.717) is 41.8 Å². The molecule has 0 heterocycles. The van der Waals surface area contributed by atoms with Gasteiger partial charge in [0.05, 0.1) is 11.6 Å². The van der Waals surface area contributed by atoms with Crippen molar-refractivity contribution in [3.63, 3.8) is 0 Å². The maximum absolute atomic E-state index is 13.1. The summed E-state index contributed by atoms with van der Waals surface area (Å²) >= 11 is 6.12. The molecule has 0 unspecified atom stereocenters. The van der Waals surface area contributed by atoms with E-state index in [1.165, 1.54) is 64.2 Å². The van der Waals surface area contributed by atoms with Gasteiger partial charge in [-0.05, 0) is 44.2 Å². The third-order valence-electron chi connectivity index (χ3n) is 5.85. The molecule has 26 heavy (non-hydrogen) atoms. The van der Waals surface area contributed by atoms with E-state index in [2.05, 4.69) is 4.90 Å². The second-order valence-corrected chi connectivity index (χ2v) is 8.17. The van der Waals surface area contributed by atoms with Crippen molar-refractivity contribution < 1.29 is 9.53 Å². The number of hydrogen-bond acceptors (Lipinski definition) is 2. The lowest BCUT2D eigenvalue weighted by Crippen LogP contribution is -2.48. The van der Waals surface area contributed by atoms with Crippen molar-refractivity contribution >= 4 is 17.5 Å². The second-order valence-electron chi connectivity index (χ2n) is 7.77. The van der Waals surface area contributed by atoms with E-state index in [1.54, 1.807) is 0 Å². The van der Waals surface area contributed by atoms with E-state index in [-0.39, 0.29) is 0 Å². The number of halogens is 1. The number of benzene rings is 1. The molecule has 2 saturated carbocycles. The predicted molar refractivity (Wildman–Crippen MR) is 107 cm³/mol. The first-order valence-electron chi connectivity index (χ1n) is 10.4. The molecule has 0 saturated heterocycles. The molecule has 0 spiro atoms. The van der Waals surface area contributed by atoms with Crippen LogP contribution in [0.2, 0.25) is 5.02 Å². The van der Waals surface area contributed by atoms with Crippen LogP contribution in [0.25, 0.3) is 0 Å². The molecule has 2 aliphatic rings. The molecule has 0 aromatic heterocycles. The summed E-state index contributed by atoms with van der Waals surface area (Å²) in [6.45, 7) is 0.540. The highest BCUT2D eigenvalue weighted by molar-refractivity contribution is 6.32. The molecule has 1 aromatic carbocycles. The largest absolute Gasteiger partial charge is 0.492 e. The van der Waals surface area contributed by atoms with Crippen molar-refractivity contribution in [2.45, 2.75) is 89.1 Å². The van der Waals surface area contributed by atoms with Gasteiger partial charge in [0.2, 0.25) is 5.91 Å². The standard InChI is InChI=1S/C22H32ClNO2/c23-20-14-7-8-15-21(20)26-17-9-16-22(25)24(18-10-3-1-4-11-18)19-12-5-2-6-13-19/h7-8,14-15,18-19H,1-6,9-13,16-17H2. The van der Waals surface area contributed by atoms with Crippen LogP contribution < -0.4 is 4.74 Å². The highest BCUT2D eigenvalue weighted by Gasteiger charge is 2.31. The average Bonchev–Trinajstić information content (AvgIpc) is 2.68. The number of carbonyl (C=O) groups is 1. The van der Waals surface area contributed by atoms with Gasteiger partial charge in [0.15, 0.2) is 0 Å². The quantitative estimate of drug-likeness (QED) is 0.546. The first-order chi connectivity index (χ1) is 12.8.